The molecular formula is C8H11Cl2P. The molecule has 0 radical (unpaired) electrons. The van der Waals surface area contributed by atoms with Crippen LogP contribution in [0.4, 0.5) is 0 Å². The van der Waals surface area contributed by atoms with Gasteiger partial charge in [-0.2, -0.15) is 0 Å². The lowest BCUT2D eigenvalue weighted by molar-refractivity contribution is 0.618. The predicted molar refractivity (Wildman–Crippen MR) is 50.7 cm³/mol. The minimum Gasteiger partial charge on any atom is -0.122 e. The molecule has 0 aromatic rings. The monoisotopic (exact) mass is 208 g/mol. The lowest BCUT2D eigenvalue weighted by Crippen LogP contribution is -2.13. The van der Waals surface area contributed by atoms with E-state index in [1.165, 1.54) is 6.42 Å². The summed E-state index contributed by atoms with van der Waals surface area (Å²) in [6.07, 6.45) is 1.40. The van der Waals surface area contributed by atoms with Crippen molar-refractivity contribution in [1.82, 2.24) is 0 Å². The molecule has 4 rings (SSSR count). The minimum atomic E-state index is -0.236. The fourth-order valence-corrected chi connectivity index (χ4v) is 6.79. The molecule has 0 saturated heterocycles. The van der Waals surface area contributed by atoms with E-state index < -0.39 is 0 Å². The average molecular weight is 209 g/mol. The molecule has 4 bridgehead atoms. The average Bonchev–Trinajstić information content (AvgIpc) is 2.33. The lowest BCUT2D eigenvalue weighted by Gasteiger charge is -2.18. The van der Waals surface area contributed by atoms with E-state index in [4.69, 9.17) is 22.8 Å². The maximum absolute atomic E-state index is 6.29. The molecule has 0 nitrogen and oxygen atoms in total. The number of alkyl halides is 1. The summed E-state index contributed by atoms with van der Waals surface area (Å²) < 4.78 is 0. The number of hydrogen-bond donors (Lipinski definition) is 0. The smallest absolute Gasteiger partial charge is 0.0404 e. The van der Waals surface area contributed by atoms with Gasteiger partial charge < -0.3 is 0 Å². The third-order valence-electron chi connectivity index (χ3n) is 3.86. The van der Waals surface area contributed by atoms with E-state index in [-0.39, 0.29) is 7.27 Å². The maximum Gasteiger partial charge on any atom is 0.0404 e. The molecule has 7 atom stereocenters. The molecular weight excluding hydrogens is 198 g/mol. The number of hydrogen-bond acceptors (Lipinski definition) is 0. The second-order valence-electron chi connectivity index (χ2n) is 4.18. The summed E-state index contributed by atoms with van der Waals surface area (Å²) in [6.45, 7) is 2.20. The van der Waals surface area contributed by atoms with E-state index in [0.717, 1.165) is 29.3 Å². The highest BCUT2D eigenvalue weighted by Gasteiger charge is 2.73. The van der Waals surface area contributed by atoms with Gasteiger partial charge in [-0.05, 0) is 44.0 Å². The highest BCUT2D eigenvalue weighted by Crippen LogP contribution is 2.78. The normalized spacial score (nSPS) is 66.8. The standard InChI is InChI=1S/C8H11Cl2P/c1-11(10)8-4-2-3-5(6(3)8)7(4)9/h3-8H,2H2,1H3. The van der Waals surface area contributed by atoms with Crippen LogP contribution in [0.3, 0.4) is 0 Å². The first-order valence-corrected chi connectivity index (χ1v) is 7.44. The largest absolute Gasteiger partial charge is 0.122 e. The van der Waals surface area contributed by atoms with Crippen LogP contribution in [0.1, 0.15) is 6.42 Å². The second-order valence-corrected chi connectivity index (χ2v) is 7.93. The van der Waals surface area contributed by atoms with Gasteiger partial charge >= 0.3 is 0 Å². The fraction of sp³-hybridized carbons (Fsp3) is 1.00. The Morgan fingerprint density at radius 2 is 2.00 bits per heavy atom. The van der Waals surface area contributed by atoms with E-state index in [1.807, 2.05) is 0 Å². The Morgan fingerprint density at radius 3 is 2.18 bits per heavy atom. The molecule has 0 aliphatic heterocycles. The van der Waals surface area contributed by atoms with E-state index >= 15 is 0 Å². The topological polar surface area (TPSA) is 0 Å². The van der Waals surface area contributed by atoms with Gasteiger partial charge in [0.25, 0.3) is 0 Å². The molecule has 62 valence electrons. The highest BCUT2D eigenvalue weighted by molar-refractivity contribution is 7.84. The van der Waals surface area contributed by atoms with Gasteiger partial charge in [-0.25, -0.2) is 0 Å². The first kappa shape index (κ1) is 7.42. The second kappa shape index (κ2) is 2.08. The summed E-state index contributed by atoms with van der Waals surface area (Å²) >= 11 is 12.5. The van der Waals surface area contributed by atoms with Crippen molar-refractivity contribution in [3.63, 3.8) is 0 Å². The van der Waals surface area contributed by atoms with Gasteiger partial charge in [0.05, 0.1) is 0 Å². The zero-order chi connectivity index (χ0) is 7.75. The van der Waals surface area contributed by atoms with E-state index in [2.05, 4.69) is 6.66 Å². The van der Waals surface area contributed by atoms with Crippen LogP contribution in [0, 0.1) is 23.7 Å². The Hall–Kier alpha value is 1.01. The van der Waals surface area contributed by atoms with Crippen LogP contribution >= 0.6 is 30.1 Å². The first-order valence-electron chi connectivity index (χ1n) is 4.24. The minimum absolute atomic E-state index is 0.236. The quantitative estimate of drug-likeness (QED) is 0.459. The lowest BCUT2D eigenvalue weighted by atomic mass is 10.1. The van der Waals surface area contributed by atoms with Gasteiger partial charge in [-0.3, -0.25) is 0 Å². The Kier molecular flexibility index (Phi) is 1.40. The van der Waals surface area contributed by atoms with Gasteiger partial charge in [0.2, 0.25) is 0 Å². The van der Waals surface area contributed by atoms with E-state index in [0.29, 0.717) is 5.38 Å². The van der Waals surface area contributed by atoms with Crippen LogP contribution in [0.2, 0.25) is 0 Å². The molecule has 0 heterocycles. The fourth-order valence-electron chi connectivity index (χ4n) is 3.52. The van der Waals surface area contributed by atoms with Crippen LogP contribution in [-0.2, 0) is 0 Å². The molecule has 0 aromatic heterocycles. The van der Waals surface area contributed by atoms with Crippen LogP contribution in [0.15, 0.2) is 0 Å². The molecule has 3 heteroatoms. The van der Waals surface area contributed by atoms with Crippen molar-refractivity contribution in [3.05, 3.63) is 0 Å². The van der Waals surface area contributed by atoms with E-state index in [1.54, 1.807) is 0 Å². The number of halogens is 2. The predicted octanol–water partition coefficient (Wildman–Crippen LogP) is 3.12. The van der Waals surface area contributed by atoms with Gasteiger partial charge in [-0.15, -0.1) is 11.6 Å². The molecule has 4 fully saturated rings. The third-order valence-corrected chi connectivity index (χ3v) is 6.70. The summed E-state index contributed by atoms with van der Waals surface area (Å²) in [5.41, 5.74) is 0.823. The van der Waals surface area contributed by atoms with Crippen molar-refractivity contribution in [3.8, 4) is 0 Å². The summed E-state index contributed by atoms with van der Waals surface area (Å²) in [4.78, 5) is 0. The van der Waals surface area contributed by atoms with Crippen molar-refractivity contribution in [1.29, 1.82) is 0 Å². The molecule has 4 aliphatic carbocycles. The van der Waals surface area contributed by atoms with Crippen LogP contribution in [0.5, 0.6) is 0 Å². The van der Waals surface area contributed by atoms with Crippen molar-refractivity contribution < 1.29 is 0 Å². The summed E-state index contributed by atoms with van der Waals surface area (Å²) in [6, 6.07) is 0. The summed E-state index contributed by atoms with van der Waals surface area (Å²) in [7, 11) is -0.236. The van der Waals surface area contributed by atoms with Crippen molar-refractivity contribution in [2.24, 2.45) is 23.7 Å². The molecule has 4 saturated carbocycles. The summed E-state index contributed by atoms with van der Waals surface area (Å²) in [5, 5.41) is 0.499. The number of rotatable bonds is 1. The Balaban J connectivity index is 1.92. The zero-order valence-corrected chi connectivity index (χ0v) is 8.78. The molecule has 4 aliphatic rings. The van der Waals surface area contributed by atoms with Crippen molar-refractivity contribution in [2.75, 3.05) is 6.66 Å². The molecule has 0 spiro atoms. The Morgan fingerprint density at radius 1 is 1.27 bits per heavy atom. The highest BCUT2D eigenvalue weighted by atomic mass is 35.7. The molecule has 11 heavy (non-hydrogen) atoms. The molecule has 0 N–H and O–H groups in total. The van der Waals surface area contributed by atoms with E-state index in [9.17, 15) is 0 Å². The maximum atomic E-state index is 6.29. The molecule has 7 unspecified atom stereocenters. The SMILES string of the molecule is CP(Cl)C1C2CC3C(C2Cl)C31. The molecule has 0 aromatic carbocycles. The van der Waals surface area contributed by atoms with Crippen LogP contribution < -0.4 is 0 Å². The molecule has 0 amide bonds. The first-order chi connectivity index (χ1) is 5.22. The van der Waals surface area contributed by atoms with Gasteiger partial charge in [0, 0.05) is 11.0 Å². The van der Waals surface area contributed by atoms with Gasteiger partial charge in [0.1, 0.15) is 0 Å². The third kappa shape index (κ3) is 0.729. The van der Waals surface area contributed by atoms with Gasteiger partial charge in [0.15, 0.2) is 0 Å². The summed E-state index contributed by atoms with van der Waals surface area (Å²) in [5.74, 6) is 3.63. The van der Waals surface area contributed by atoms with Crippen LogP contribution in [-0.4, -0.2) is 17.7 Å². The van der Waals surface area contributed by atoms with Gasteiger partial charge in [-0.1, -0.05) is 11.2 Å². The van der Waals surface area contributed by atoms with Crippen LogP contribution in [0.25, 0.3) is 0 Å². The zero-order valence-electron chi connectivity index (χ0n) is 6.37. The Bertz CT molecular complexity index is 206. The van der Waals surface area contributed by atoms with Crippen molar-refractivity contribution >= 4 is 30.1 Å². The van der Waals surface area contributed by atoms with Crippen molar-refractivity contribution in [2.45, 2.75) is 17.5 Å². The Labute approximate surface area is 78.2 Å².